The number of hydrogen-bond donors (Lipinski definition) is 2. The molecule has 0 aliphatic heterocycles. The second-order valence-electron chi connectivity index (χ2n) is 5.04. The maximum Gasteiger partial charge on any atom is 0.257 e. The molecule has 0 saturated heterocycles. The molecule has 0 heterocycles. The molecule has 0 unspecified atom stereocenters. The van der Waals surface area contributed by atoms with Crippen LogP contribution < -0.4 is 10.3 Å². The van der Waals surface area contributed by atoms with Gasteiger partial charge in [-0.1, -0.05) is 24.3 Å². The van der Waals surface area contributed by atoms with Gasteiger partial charge in [0.05, 0.1) is 11.3 Å². The fourth-order valence-electron chi connectivity index (χ4n) is 1.90. The van der Waals surface area contributed by atoms with Gasteiger partial charge >= 0.3 is 0 Å². The molecule has 0 radical (unpaired) electrons. The first-order valence-corrected chi connectivity index (χ1v) is 8.42. The van der Waals surface area contributed by atoms with Crippen LogP contribution >= 0.6 is 0 Å². The van der Waals surface area contributed by atoms with Crippen LogP contribution in [0, 0.1) is 5.82 Å². The first kappa shape index (κ1) is 17.8. The van der Waals surface area contributed by atoms with Crippen LogP contribution in [0.4, 0.5) is 4.39 Å². The Morgan fingerprint density at radius 1 is 1.08 bits per heavy atom. The van der Waals surface area contributed by atoms with E-state index < -0.39 is 21.7 Å². The Bertz CT molecular complexity index is 864. The van der Waals surface area contributed by atoms with E-state index in [4.69, 9.17) is 0 Å². The summed E-state index contributed by atoms with van der Waals surface area (Å²) in [5, 5.41) is 0. The highest BCUT2D eigenvalue weighted by molar-refractivity contribution is 7.89. The van der Waals surface area contributed by atoms with Gasteiger partial charge < -0.3 is 0 Å². The number of ketones is 1. The van der Waals surface area contributed by atoms with E-state index in [1.807, 2.05) is 4.83 Å². The smallest absolute Gasteiger partial charge is 0.257 e. The van der Waals surface area contributed by atoms with E-state index in [0.29, 0.717) is 5.56 Å². The number of amides is 1. The normalized spacial score (nSPS) is 11.1. The minimum absolute atomic E-state index is 0.115. The summed E-state index contributed by atoms with van der Waals surface area (Å²) >= 11 is 0. The Hall–Kier alpha value is -2.58. The zero-order chi connectivity index (χ0) is 17.7. The molecule has 0 aliphatic rings. The molecule has 0 saturated carbocycles. The molecule has 2 N–H and O–H groups in total. The fourth-order valence-corrected chi connectivity index (χ4v) is 2.80. The van der Waals surface area contributed by atoms with E-state index in [2.05, 4.69) is 5.43 Å². The molecule has 1 amide bonds. The predicted molar refractivity (Wildman–Crippen MR) is 85.0 cm³/mol. The molecule has 0 aliphatic carbocycles. The molecule has 2 aromatic carbocycles. The zero-order valence-corrected chi connectivity index (χ0v) is 13.6. The van der Waals surface area contributed by atoms with Gasteiger partial charge in [0.2, 0.25) is 5.91 Å². The molecule has 6 nitrogen and oxygen atoms in total. The molecular weight excluding hydrogens is 335 g/mol. The number of rotatable bonds is 6. The molecule has 0 spiro atoms. The number of hydrogen-bond acceptors (Lipinski definition) is 4. The maximum atomic E-state index is 12.8. The van der Waals surface area contributed by atoms with E-state index >= 15 is 0 Å². The van der Waals surface area contributed by atoms with Crippen LogP contribution in [-0.2, 0) is 21.2 Å². The Morgan fingerprint density at radius 3 is 2.38 bits per heavy atom. The van der Waals surface area contributed by atoms with E-state index in [-0.39, 0.29) is 22.7 Å². The van der Waals surface area contributed by atoms with Crippen molar-refractivity contribution >= 4 is 21.7 Å². The SMILES string of the molecule is CC(=O)c1cccc(S(=O)(=O)NNC(=O)Cc2ccc(F)cc2)c1. The van der Waals surface area contributed by atoms with Crippen molar-refractivity contribution in [1.82, 2.24) is 10.3 Å². The van der Waals surface area contributed by atoms with E-state index in [1.165, 1.54) is 55.5 Å². The first-order valence-electron chi connectivity index (χ1n) is 6.94. The van der Waals surface area contributed by atoms with Crippen molar-refractivity contribution in [3.8, 4) is 0 Å². The van der Waals surface area contributed by atoms with Gasteiger partial charge in [0, 0.05) is 5.56 Å². The Morgan fingerprint density at radius 2 is 1.75 bits per heavy atom. The van der Waals surface area contributed by atoms with Crippen LogP contribution in [-0.4, -0.2) is 20.1 Å². The molecule has 2 rings (SSSR count). The standard InChI is InChI=1S/C16H15FN2O4S/c1-11(20)13-3-2-4-15(10-13)24(22,23)19-18-16(21)9-12-5-7-14(17)8-6-12/h2-8,10,19H,9H2,1H3,(H,18,21). The molecule has 126 valence electrons. The molecule has 0 bridgehead atoms. The number of carbonyl (C=O) groups is 2. The van der Waals surface area contributed by atoms with Crippen molar-refractivity contribution in [2.45, 2.75) is 18.2 Å². The Balaban J connectivity index is 2.01. The lowest BCUT2D eigenvalue weighted by Gasteiger charge is -2.09. The minimum Gasteiger partial charge on any atom is -0.295 e. The average molecular weight is 350 g/mol. The lowest BCUT2D eigenvalue weighted by molar-refractivity contribution is -0.120. The van der Waals surface area contributed by atoms with Crippen molar-refractivity contribution < 1.29 is 22.4 Å². The number of sulfonamides is 1. The number of halogens is 1. The summed E-state index contributed by atoms with van der Waals surface area (Å²) in [5.74, 6) is -1.30. The van der Waals surface area contributed by atoms with Crippen molar-refractivity contribution in [1.29, 1.82) is 0 Å². The highest BCUT2D eigenvalue weighted by Gasteiger charge is 2.16. The zero-order valence-electron chi connectivity index (χ0n) is 12.7. The van der Waals surface area contributed by atoms with Gasteiger partial charge in [-0.15, -0.1) is 4.83 Å². The van der Waals surface area contributed by atoms with Gasteiger partial charge in [0.1, 0.15) is 5.82 Å². The Labute approximate surface area is 138 Å². The fraction of sp³-hybridized carbons (Fsp3) is 0.125. The number of hydrazine groups is 1. The lowest BCUT2D eigenvalue weighted by atomic mass is 10.1. The van der Waals surface area contributed by atoms with Crippen molar-refractivity contribution in [3.63, 3.8) is 0 Å². The average Bonchev–Trinajstić information content (AvgIpc) is 2.55. The van der Waals surface area contributed by atoms with E-state index in [1.54, 1.807) is 0 Å². The van der Waals surface area contributed by atoms with Crippen LogP contribution in [0.25, 0.3) is 0 Å². The van der Waals surface area contributed by atoms with Crippen molar-refractivity contribution in [2.75, 3.05) is 0 Å². The van der Waals surface area contributed by atoms with Gasteiger partial charge in [0.25, 0.3) is 10.0 Å². The Kier molecular flexibility index (Phi) is 5.42. The summed E-state index contributed by atoms with van der Waals surface area (Å²) in [6, 6.07) is 10.7. The minimum atomic E-state index is -4.00. The number of carbonyl (C=O) groups excluding carboxylic acids is 2. The highest BCUT2D eigenvalue weighted by atomic mass is 32.2. The molecule has 0 aromatic heterocycles. The molecular formula is C16H15FN2O4S. The van der Waals surface area contributed by atoms with Crippen LogP contribution in [0.1, 0.15) is 22.8 Å². The maximum absolute atomic E-state index is 12.8. The number of nitrogens with one attached hydrogen (secondary N) is 2. The van der Waals surface area contributed by atoms with E-state index in [9.17, 15) is 22.4 Å². The summed E-state index contributed by atoms with van der Waals surface area (Å²) < 4.78 is 37.0. The summed E-state index contributed by atoms with van der Waals surface area (Å²) in [5.41, 5.74) is 2.86. The van der Waals surface area contributed by atoms with Crippen molar-refractivity contribution in [3.05, 3.63) is 65.5 Å². The summed E-state index contributed by atoms with van der Waals surface area (Å²) in [7, 11) is -4.00. The molecule has 2 aromatic rings. The topological polar surface area (TPSA) is 92.3 Å². The third-order valence-electron chi connectivity index (χ3n) is 3.15. The van der Waals surface area contributed by atoms with Crippen LogP contribution in [0.15, 0.2) is 53.4 Å². The van der Waals surface area contributed by atoms with E-state index in [0.717, 1.165) is 0 Å². The second-order valence-corrected chi connectivity index (χ2v) is 6.72. The van der Waals surface area contributed by atoms with Gasteiger partial charge in [-0.2, -0.15) is 0 Å². The van der Waals surface area contributed by atoms with Gasteiger partial charge in [0.15, 0.2) is 5.78 Å². The summed E-state index contributed by atoms with van der Waals surface area (Å²) in [6.45, 7) is 1.32. The van der Waals surface area contributed by atoms with Crippen LogP contribution in [0.5, 0.6) is 0 Å². The van der Waals surface area contributed by atoms with Crippen LogP contribution in [0.3, 0.4) is 0 Å². The number of Topliss-reactive ketones (excluding diaryl/α,β-unsaturated/α-hetero) is 1. The molecule has 0 atom stereocenters. The third-order valence-corrected chi connectivity index (χ3v) is 4.40. The van der Waals surface area contributed by atoms with Gasteiger partial charge in [-0.3, -0.25) is 15.0 Å². The largest absolute Gasteiger partial charge is 0.295 e. The summed E-state index contributed by atoms with van der Waals surface area (Å²) in [6.07, 6.45) is -0.115. The number of benzene rings is 2. The van der Waals surface area contributed by atoms with Gasteiger partial charge in [-0.05, 0) is 36.8 Å². The van der Waals surface area contributed by atoms with Crippen LogP contribution in [0.2, 0.25) is 0 Å². The third kappa shape index (κ3) is 4.71. The lowest BCUT2D eigenvalue weighted by Crippen LogP contribution is -2.42. The van der Waals surface area contributed by atoms with Gasteiger partial charge in [-0.25, -0.2) is 12.8 Å². The molecule has 24 heavy (non-hydrogen) atoms. The quantitative estimate of drug-likeness (QED) is 0.611. The predicted octanol–water partition coefficient (Wildman–Crippen LogP) is 1.58. The highest BCUT2D eigenvalue weighted by Crippen LogP contribution is 2.11. The first-order chi connectivity index (χ1) is 11.3. The second kappa shape index (κ2) is 7.33. The van der Waals surface area contributed by atoms with Crippen molar-refractivity contribution in [2.24, 2.45) is 0 Å². The summed E-state index contributed by atoms with van der Waals surface area (Å²) in [4.78, 5) is 24.9. The molecule has 8 heteroatoms. The monoisotopic (exact) mass is 350 g/mol. The molecule has 0 fully saturated rings.